The first-order chi connectivity index (χ1) is 15.6. The Bertz CT molecular complexity index is 957. The van der Waals surface area contributed by atoms with Crippen LogP contribution < -0.4 is 29.1 Å². The van der Waals surface area contributed by atoms with Crippen LogP contribution in [0.4, 0.5) is 0 Å². The Balaban J connectivity index is 2.20. The molecule has 0 spiro atoms. The fraction of sp³-hybridized carbons (Fsp3) is 0.348. The highest BCUT2D eigenvalue weighted by Gasteiger charge is 2.18. The lowest BCUT2D eigenvalue weighted by Crippen LogP contribution is -2.18. The van der Waals surface area contributed by atoms with E-state index in [-0.39, 0.29) is 6.61 Å². The number of carbonyl (C=O) groups excluding carboxylic acids is 1. The second-order valence-electron chi connectivity index (χ2n) is 6.16. The molecule has 0 saturated carbocycles. The number of carbonyl (C=O) groups is 1. The third-order valence-electron chi connectivity index (χ3n) is 4.03. The molecule has 0 aliphatic rings. The van der Waals surface area contributed by atoms with Crippen LogP contribution in [0.3, 0.4) is 0 Å². The average molecular weight is 441 g/mol. The lowest BCUT2D eigenvalue weighted by atomic mass is 10.1. The van der Waals surface area contributed by atoms with Gasteiger partial charge in [0.05, 0.1) is 33.1 Å². The smallest absolute Gasteiger partial charge is 0.271 e. The van der Waals surface area contributed by atoms with E-state index in [1.165, 1.54) is 13.3 Å². The highest BCUT2D eigenvalue weighted by molar-refractivity contribution is 5.96. The Labute approximate surface area is 187 Å². The normalized spacial score (nSPS) is 10.3. The van der Waals surface area contributed by atoms with Crippen molar-refractivity contribution in [3.05, 3.63) is 41.5 Å². The maximum atomic E-state index is 12.7. The third kappa shape index (κ3) is 6.54. The number of rotatable bonds is 12. The number of hydrogen-bond acceptors (Lipinski definition) is 8. The van der Waals surface area contributed by atoms with Gasteiger partial charge in [0, 0.05) is 5.56 Å². The quantitative estimate of drug-likeness (QED) is 0.396. The van der Waals surface area contributed by atoms with Gasteiger partial charge in [0.15, 0.2) is 29.6 Å². The summed E-state index contributed by atoms with van der Waals surface area (Å²) in [4.78, 5) is 12.7. The first-order valence-corrected chi connectivity index (χ1v) is 10.1. The Morgan fingerprint density at radius 3 is 2.19 bits per heavy atom. The molecule has 0 fully saturated rings. The summed E-state index contributed by atoms with van der Waals surface area (Å²) < 4.78 is 27.5. The summed E-state index contributed by atoms with van der Waals surface area (Å²) in [5, 5.41) is 12.7. The monoisotopic (exact) mass is 441 g/mol. The molecule has 1 N–H and O–H groups in total. The fourth-order valence-corrected chi connectivity index (χ4v) is 2.74. The van der Waals surface area contributed by atoms with Crippen LogP contribution in [0.15, 0.2) is 35.4 Å². The lowest BCUT2D eigenvalue weighted by molar-refractivity contribution is 0.0954. The minimum atomic E-state index is -0.438. The molecule has 0 unspecified atom stereocenters. The van der Waals surface area contributed by atoms with Crippen molar-refractivity contribution in [3.63, 3.8) is 0 Å². The highest BCUT2D eigenvalue weighted by atomic mass is 16.5. The van der Waals surface area contributed by atoms with Gasteiger partial charge in [-0.25, -0.2) is 5.43 Å². The van der Waals surface area contributed by atoms with Crippen LogP contribution in [0.1, 0.15) is 36.7 Å². The zero-order valence-corrected chi connectivity index (χ0v) is 18.6. The molecule has 2 rings (SSSR count). The van der Waals surface area contributed by atoms with Gasteiger partial charge in [0.2, 0.25) is 5.75 Å². The molecule has 0 aromatic heterocycles. The first-order valence-electron chi connectivity index (χ1n) is 10.1. The number of methoxy groups -OCH3 is 1. The molecule has 0 radical (unpaired) electrons. The van der Waals surface area contributed by atoms with E-state index in [0.29, 0.717) is 59.7 Å². The molecule has 2 aromatic carbocycles. The topological polar surface area (TPSA) is 111 Å². The largest absolute Gasteiger partial charge is 0.493 e. The molecule has 0 atom stereocenters. The summed E-state index contributed by atoms with van der Waals surface area (Å²) >= 11 is 0. The van der Waals surface area contributed by atoms with E-state index < -0.39 is 5.91 Å². The third-order valence-corrected chi connectivity index (χ3v) is 4.03. The Morgan fingerprint density at radius 1 is 0.969 bits per heavy atom. The van der Waals surface area contributed by atoms with Crippen LogP contribution in [0.5, 0.6) is 28.7 Å². The fourth-order valence-electron chi connectivity index (χ4n) is 2.74. The first kappa shape index (κ1) is 24.3. The molecule has 0 bridgehead atoms. The molecule has 2 aromatic rings. The van der Waals surface area contributed by atoms with Crippen LogP contribution >= 0.6 is 0 Å². The minimum absolute atomic E-state index is 0.0879. The van der Waals surface area contributed by atoms with Gasteiger partial charge in [-0.3, -0.25) is 4.79 Å². The van der Waals surface area contributed by atoms with E-state index >= 15 is 0 Å². The standard InChI is InChI=1S/C23H27N3O6/c1-5-29-20-13-17(14-21(30-6-2)22(20)31-7-3)23(27)26-25-15-16-8-9-18(32-11-10-24)19(12-16)28-4/h8-9,12-15H,5-7,11H2,1-4H3,(H,26,27)/b25-15+. The summed E-state index contributed by atoms with van der Waals surface area (Å²) in [6, 6.07) is 10.1. The Hall–Kier alpha value is -3.93. The molecule has 32 heavy (non-hydrogen) atoms. The van der Waals surface area contributed by atoms with Crippen LogP contribution in [0.25, 0.3) is 0 Å². The molecule has 0 aliphatic heterocycles. The van der Waals surface area contributed by atoms with E-state index in [1.54, 1.807) is 30.3 Å². The predicted molar refractivity (Wildman–Crippen MR) is 119 cm³/mol. The molecule has 170 valence electrons. The molecule has 0 aliphatic carbocycles. The van der Waals surface area contributed by atoms with Crippen molar-refractivity contribution in [1.29, 1.82) is 5.26 Å². The van der Waals surface area contributed by atoms with Gasteiger partial charge in [-0.1, -0.05) is 0 Å². The van der Waals surface area contributed by atoms with Crippen molar-refractivity contribution >= 4 is 12.1 Å². The van der Waals surface area contributed by atoms with E-state index in [9.17, 15) is 4.79 Å². The second kappa shape index (κ2) is 12.7. The molecule has 1 amide bonds. The summed E-state index contributed by atoms with van der Waals surface area (Å²) in [5.74, 6) is 1.76. The number of hydrogen-bond donors (Lipinski definition) is 1. The van der Waals surface area contributed by atoms with E-state index in [2.05, 4.69) is 10.5 Å². The van der Waals surface area contributed by atoms with Crippen molar-refractivity contribution in [3.8, 4) is 34.8 Å². The van der Waals surface area contributed by atoms with Gasteiger partial charge in [-0.2, -0.15) is 10.4 Å². The SMILES string of the molecule is CCOc1cc(C(=O)N/N=C/c2ccc(OCC#N)c(OC)c2)cc(OCC)c1OCC. The minimum Gasteiger partial charge on any atom is -0.493 e. The maximum absolute atomic E-state index is 12.7. The van der Waals surface area contributed by atoms with Crippen LogP contribution in [0.2, 0.25) is 0 Å². The molecular weight excluding hydrogens is 414 g/mol. The number of ether oxygens (including phenoxy) is 5. The zero-order valence-electron chi connectivity index (χ0n) is 18.6. The summed E-state index contributed by atoms with van der Waals surface area (Å²) in [5.41, 5.74) is 3.47. The zero-order chi connectivity index (χ0) is 23.3. The maximum Gasteiger partial charge on any atom is 0.271 e. The average Bonchev–Trinajstić information content (AvgIpc) is 2.80. The highest BCUT2D eigenvalue weighted by Crippen LogP contribution is 2.39. The summed E-state index contributed by atoms with van der Waals surface area (Å²) in [7, 11) is 1.50. The predicted octanol–water partition coefficient (Wildman–Crippen LogP) is 3.56. The van der Waals surface area contributed by atoms with Gasteiger partial charge in [-0.05, 0) is 56.7 Å². The van der Waals surface area contributed by atoms with Crippen molar-refractivity contribution in [1.82, 2.24) is 5.43 Å². The number of amides is 1. The Kier molecular flexibility index (Phi) is 9.66. The number of nitriles is 1. The van der Waals surface area contributed by atoms with Crippen molar-refractivity contribution in [2.75, 3.05) is 33.5 Å². The van der Waals surface area contributed by atoms with E-state index in [1.807, 2.05) is 26.8 Å². The molecule has 9 nitrogen and oxygen atoms in total. The van der Waals surface area contributed by atoms with Crippen molar-refractivity contribution in [2.45, 2.75) is 20.8 Å². The van der Waals surface area contributed by atoms with Gasteiger partial charge in [-0.15, -0.1) is 0 Å². The van der Waals surface area contributed by atoms with Gasteiger partial charge in [0.1, 0.15) is 6.07 Å². The van der Waals surface area contributed by atoms with E-state index in [0.717, 1.165) is 0 Å². The number of hydrazone groups is 1. The van der Waals surface area contributed by atoms with Gasteiger partial charge < -0.3 is 23.7 Å². The number of nitrogens with one attached hydrogen (secondary N) is 1. The molecular formula is C23H27N3O6. The summed E-state index contributed by atoms with van der Waals surface area (Å²) in [6.45, 7) is 6.71. The second-order valence-corrected chi connectivity index (χ2v) is 6.16. The van der Waals surface area contributed by atoms with Crippen molar-refractivity contribution < 1.29 is 28.5 Å². The number of benzene rings is 2. The van der Waals surface area contributed by atoms with Gasteiger partial charge >= 0.3 is 0 Å². The molecule has 0 heterocycles. The summed E-state index contributed by atoms with van der Waals surface area (Å²) in [6.07, 6.45) is 1.47. The van der Waals surface area contributed by atoms with Crippen LogP contribution in [-0.4, -0.2) is 45.7 Å². The number of nitrogens with zero attached hydrogens (tertiary/aromatic N) is 2. The van der Waals surface area contributed by atoms with Gasteiger partial charge in [0.25, 0.3) is 5.91 Å². The Morgan fingerprint density at radius 2 is 1.62 bits per heavy atom. The molecule has 0 saturated heterocycles. The van der Waals surface area contributed by atoms with E-state index in [4.69, 9.17) is 28.9 Å². The molecule has 9 heteroatoms. The van der Waals surface area contributed by atoms with Crippen LogP contribution in [-0.2, 0) is 0 Å². The lowest BCUT2D eigenvalue weighted by Gasteiger charge is -2.16. The van der Waals surface area contributed by atoms with Crippen molar-refractivity contribution in [2.24, 2.45) is 5.10 Å². The van der Waals surface area contributed by atoms with Crippen LogP contribution in [0, 0.1) is 11.3 Å².